The molecule has 9 nitrogen and oxygen atoms in total. The first-order chi connectivity index (χ1) is 17.6. The van der Waals surface area contributed by atoms with Crippen LogP contribution in [0.1, 0.15) is 43.2 Å². The fourth-order valence-corrected chi connectivity index (χ4v) is 4.85. The highest BCUT2D eigenvalue weighted by Crippen LogP contribution is 2.40. The smallest absolute Gasteiger partial charge is 0.262 e. The van der Waals surface area contributed by atoms with Gasteiger partial charge in [-0.15, -0.1) is 4.91 Å². The van der Waals surface area contributed by atoms with E-state index in [9.17, 15) is 19.3 Å². The number of rotatable bonds is 10. The Labute approximate surface area is 206 Å². The minimum absolute atomic E-state index is 0.213. The Morgan fingerprint density at radius 2 is 1.31 bits per heavy atom. The van der Waals surface area contributed by atoms with Crippen molar-refractivity contribution in [2.45, 2.75) is 32.1 Å². The quantitative estimate of drug-likeness (QED) is 0.131. The van der Waals surface area contributed by atoms with Crippen molar-refractivity contribution in [1.82, 2.24) is 20.3 Å². The number of amides is 3. The molecule has 0 saturated heterocycles. The summed E-state index contributed by atoms with van der Waals surface area (Å²) >= 11 is 0. The van der Waals surface area contributed by atoms with Gasteiger partial charge in [-0.2, -0.15) is 0 Å². The number of nitrogens with zero attached hydrogens (tertiary/aromatic N) is 2. The van der Waals surface area contributed by atoms with E-state index in [1.165, 1.54) is 4.90 Å². The zero-order chi connectivity index (χ0) is 25.1. The molecule has 36 heavy (non-hydrogen) atoms. The van der Waals surface area contributed by atoms with Gasteiger partial charge in [0.25, 0.3) is 11.8 Å². The Morgan fingerprint density at radius 3 is 1.86 bits per heavy atom. The van der Waals surface area contributed by atoms with Crippen LogP contribution in [0.5, 0.6) is 0 Å². The molecule has 0 fully saturated rings. The van der Waals surface area contributed by atoms with Crippen LogP contribution in [0.25, 0.3) is 33.0 Å². The molecule has 0 aliphatic carbocycles. The number of nitroso groups, excluding NO2 is 1. The molecule has 3 amide bonds. The highest BCUT2D eigenvalue weighted by atomic mass is 16.3. The minimum atomic E-state index is -0.411. The largest absolute Gasteiger partial charge is 0.361 e. The van der Waals surface area contributed by atoms with Crippen molar-refractivity contribution in [1.29, 1.82) is 0 Å². The Bertz CT molecular complexity index is 1420. The first kappa shape index (κ1) is 23.2. The molecule has 2 aromatic heterocycles. The maximum atomic E-state index is 13.7. The van der Waals surface area contributed by atoms with Crippen LogP contribution < -0.4 is 5.43 Å². The van der Waals surface area contributed by atoms with Crippen molar-refractivity contribution in [3.63, 3.8) is 0 Å². The number of fused-ring (bicyclic) bond motifs is 2. The fourth-order valence-electron chi connectivity index (χ4n) is 4.85. The van der Waals surface area contributed by atoms with E-state index in [2.05, 4.69) is 15.3 Å². The highest BCUT2D eigenvalue weighted by Gasteiger charge is 2.40. The van der Waals surface area contributed by atoms with Crippen LogP contribution >= 0.6 is 0 Å². The molecule has 0 spiro atoms. The summed E-state index contributed by atoms with van der Waals surface area (Å²) in [6.45, 7) is 0.289. The molecule has 3 N–H and O–H groups in total. The number of unbranched alkanes of at least 4 members (excludes halogenated alkanes) is 3. The van der Waals surface area contributed by atoms with Gasteiger partial charge >= 0.3 is 0 Å². The van der Waals surface area contributed by atoms with Crippen LogP contribution in [0.15, 0.2) is 66.2 Å². The first-order valence-electron chi connectivity index (χ1n) is 11.9. The van der Waals surface area contributed by atoms with Gasteiger partial charge in [0.15, 0.2) is 0 Å². The lowest BCUT2D eigenvalue weighted by molar-refractivity contribution is -0.136. The van der Waals surface area contributed by atoms with Crippen LogP contribution in [0.3, 0.4) is 0 Å². The second-order valence-corrected chi connectivity index (χ2v) is 8.80. The normalized spacial score (nSPS) is 13.8. The number of carbonyl (C=O) groups is 3. The monoisotopic (exact) mass is 483 g/mol. The average Bonchev–Trinajstić information content (AvgIpc) is 3.56. The number of aromatic nitrogens is 2. The number of imide groups is 1. The molecule has 9 heteroatoms. The lowest BCUT2D eigenvalue weighted by Crippen LogP contribution is -2.32. The molecule has 0 unspecified atom stereocenters. The summed E-state index contributed by atoms with van der Waals surface area (Å²) in [5.74, 6) is -1.02. The predicted molar refractivity (Wildman–Crippen MR) is 137 cm³/mol. The summed E-state index contributed by atoms with van der Waals surface area (Å²) in [5.41, 5.74) is 5.89. The number of hydrogen-bond acceptors (Lipinski definition) is 5. The van der Waals surface area contributed by atoms with Crippen LogP contribution in [0, 0.1) is 4.91 Å². The van der Waals surface area contributed by atoms with Crippen LogP contribution in [0.2, 0.25) is 0 Å². The van der Waals surface area contributed by atoms with Gasteiger partial charge < -0.3 is 9.97 Å². The molecular formula is C27H25N5O4. The van der Waals surface area contributed by atoms with Crippen molar-refractivity contribution in [3.05, 3.63) is 77.0 Å². The van der Waals surface area contributed by atoms with Crippen molar-refractivity contribution in [2.24, 2.45) is 5.29 Å². The SMILES string of the molecule is O=NNC(=O)CCCCCCN1C(=O)C(c2c[nH]c3ccccc23)=C(c2c[nH]c3ccccc23)C1=O. The number of benzene rings is 2. The Morgan fingerprint density at radius 1 is 0.778 bits per heavy atom. The second kappa shape index (κ2) is 9.99. The van der Waals surface area contributed by atoms with Gasteiger partial charge in [0.05, 0.1) is 16.4 Å². The van der Waals surface area contributed by atoms with Crippen LogP contribution in [-0.4, -0.2) is 39.1 Å². The summed E-state index contributed by atoms with van der Waals surface area (Å²) in [7, 11) is 0. The van der Waals surface area contributed by atoms with Crippen molar-refractivity contribution in [3.8, 4) is 0 Å². The molecule has 0 radical (unpaired) electrons. The number of para-hydroxylation sites is 2. The molecule has 0 bridgehead atoms. The molecule has 4 aromatic rings. The van der Waals surface area contributed by atoms with E-state index in [1.54, 1.807) is 12.4 Å². The lowest BCUT2D eigenvalue weighted by atomic mass is 9.95. The third kappa shape index (κ3) is 4.19. The predicted octanol–water partition coefficient (Wildman–Crippen LogP) is 4.68. The standard InChI is InChI=1S/C27H25N5O4/c33-23(30-31-36)13-3-1-2-8-14-32-26(34)24(19-15-28-21-11-6-4-9-17(19)21)25(27(32)35)20-16-29-22-12-7-5-10-18(20)22/h4-7,9-12,15-16,28-29H,1-3,8,13-14H2,(H,30,33,36). The van der Waals surface area contributed by atoms with Gasteiger partial charge in [-0.05, 0) is 25.0 Å². The van der Waals surface area contributed by atoms with Crippen LogP contribution in [0.4, 0.5) is 0 Å². The molecule has 2 aromatic carbocycles. The molecule has 1 aliphatic heterocycles. The van der Waals surface area contributed by atoms with E-state index in [0.29, 0.717) is 35.1 Å². The molecule has 1 aliphatic rings. The summed E-state index contributed by atoms with van der Waals surface area (Å²) in [6.07, 6.45) is 6.50. The summed E-state index contributed by atoms with van der Waals surface area (Å²) in [6, 6.07) is 15.4. The second-order valence-electron chi connectivity index (χ2n) is 8.80. The molecule has 182 valence electrons. The van der Waals surface area contributed by atoms with E-state index in [1.807, 2.05) is 54.0 Å². The third-order valence-electron chi connectivity index (χ3n) is 6.59. The van der Waals surface area contributed by atoms with E-state index >= 15 is 0 Å². The van der Waals surface area contributed by atoms with Crippen molar-refractivity contribution >= 4 is 50.7 Å². The first-order valence-corrected chi connectivity index (χ1v) is 11.9. The number of aromatic amines is 2. The highest BCUT2D eigenvalue weighted by molar-refractivity contribution is 6.50. The molecule has 3 heterocycles. The van der Waals surface area contributed by atoms with Gasteiger partial charge in [0.2, 0.25) is 5.91 Å². The Balaban J connectivity index is 1.42. The Hall–Kier alpha value is -4.53. The molecular weight excluding hydrogens is 458 g/mol. The van der Waals surface area contributed by atoms with Gasteiger partial charge in [-0.25, -0.2) is 5.43 Å². The van der Waals surface area contributed by atoms with Crippen molar-refractivity contribution < 1.29 is 14.4 Å². The molecule has 0 saturated carbocycles. The fraction of sp³-hybridized carbons (Fsp3) is 0.222. The summed E-state index contributed by atoms with van der Waals surface area (Å²) in [5, 5.41) is 4.14. The number of hydrogen-bond donors (Lipinski definition) is 3. The maximum absolute atomic E-state index is 13.7. The van der Waals surface area contributed by atoms with E-state index in [0.717, 1.165) is 34.6 Å². The topological polar surface area (TPSA) is 127 Å². The number of nitrogens with one attached hydrogen (secondary N) is 3. The molecule has 5 rings (SSSR count). The van der Waals surface area contributed by atoms with E-state index < -0.39 is 5.91 Å². The zero-order valence-electron chi connectivity index (χ0n) is 19.5. The lowest BCUT2D eigenvalue weighted by Gasteiger charge is -2.15. The number of carbonyl (C=O) groups excluding carboxylic acids is 3. The molecule has 0 atom stereocenters. The van der Waals surface area contributed by atoms with Gasteiger partial charge in [-0.3, -0.25) is 19.3 Å². The third-order valence-corrected chi connectivity index (χ3v) is 6.59. The zero-order valence-corrected chi connectivity index (χ0v) is 19.5. The minimum Gasteiger partial charge on any atom is -0.361 e. The summed E-state index contributed by atoms with van der Waals surface area (Å²) < 4.78 is 0. The average molecular weight is 484 g/mol. The van der Waals surface area contributed by atoms with Gasteiger partial charge in [0, 0.05) is 58.3 Å². The Kier molecular flexibility index (Phi) is 6.44. The van der Waals surface area contributed by atoms with Crippen molar-refractivity contribution in [2.75, 3.05) is 6.54 Å². The maximum Gasteiger partial charge on any atom is 0.262 e. The van der Waals surface area contributed by atoms with Gasteiger partial charge in [-0.1, -0.05) is 49.2 Å². The van der Waals surface area contributed by atoms with Crippen LogP contribution in [-0.2, 0) is 14.4 Å². The summed E-state index contributed by atoms with van der Waals surface area (Å²) in [4.78, 5) is 56.6. The van der Waals surface area contributed by atoms with E-state index in [-0.39, 0.29) is 24.8 Å². The number of H-pyrrole nitrogens is 2. The van der Waals surface area contributed by atoms with E-state index in [4.69, 9.17) is 0 Å². The van der Waals surface area contributed by atoms with Gasteiger partial charge in [0.1, 0.15) is 0 Å².